The van der Waals surface area contributed by atoms with E-state index in [0.717, 1.165) is 33.4 Å². The molecule has 1 aliphatic carbocycles. The molecule has 0 spiro atoms. The Morgan fingerprint density at radius 1 is 0.612 bits per heavy atom. The Kier molecular flexibility index (Phi) is 11.3. The maximum atomic E-state index is 12.1. The van der Waals surface area contributed by atoms with Crippen molar-refractivity contribution in [3.8, 4) is 22.6 Å². The lowest BCUT2D eigenvalue weighted by Crippen LogP contribution is -2.29. The van der Waals surface area contributed by atoms with Crippen molar-refractivity contribution in [1.29, 1.82) is 0 Å². The second-order valence-electron chi connectivity index (χ2n) is 12.2. The van der Waals surface area contributed by atoms with E-state index >= 15 is 0 Å². The Morgan fingerprint density at radius 2 is 0.980 bits per heavy atom. The molecule has 49 heavy (non-hydrogen) atoms. The summed E-state index contributed by atoms with van der Waals surface area (Å²) < 4.78 is 22.9. The fourth-order valence-electron chi connectivity index (χ4n) is 6.15. The second kappa shape index (κ2) is 15.8. The van der Waals surface area contributed by atoms with Crippen molar-refractivity contribution in [2.45, 2.75) is 44.3 Å². The Labute approximate surface area is 287 Å². The fraction of sp³-hybridized carbons (Fsp3) is 0.268. The van der Waals surface area contributed by atoms with Crippen LogP contribution in [0.2, 0.25) is 0 Å². The highest BCUT2D eigenvalue weighted by molar-refractivity contribution is 5.88. The van der Waals surface area contributed by atoms with Gasteiger partial charge in [0, 0.05) is 37.2 Å². The third-order valence-electron chi connectivity index (χ3n) is 8.55. The summed E-state index contributed by atoms with van der Waals surface area (Å²) in [4.78, 5) is 24.2. The molecule has 0 amide bonds. The molecule has 4 aromatic rings. The number of carbonyl (C=O) groups is 2. The normalized spacial score (nSPS) is 13.7. The Hall–Kier alpha value is -5.18. The van der Waals surface area contributed by atoms with Crippen LogP contribution in [0.1, 0.15) is 48.9 Å². The van der Waals surface area contributed by atoms with Crippen LogP contribution in [0.5, 0.6) is 11.5 Å². The number of aliphatic hydroxyl groups excluding tert-OH is 2. The maximum absolute atomic E-state index is 12.1. The molecular weight excluding hydrogens is 620 g/mol. The molecule has 8 heteroatoms. The van der Waals surface area contributed by atoms with Crippen molar-refractivity contribution < 1.29 is 38.7 Å². The van der Waals surface area contributed by atoms with Gasteiger partial charge in [-0.05, 0) is 71.5 Å². The van der Waals surface area contributed by atoms with E-state index in [2.05, 4.69) is 73.8 Å². The van der Waals surface area contributed by atoms with Crippen LogP contribution in [0.3, 0.4) is 0 Å². The van der Waals surface area contributed by atoms with E-state index in [4.69, 9.17) is 18.9 Å². The van der Waals surface area contributed by atoms with Crippen LogP contribution in [-0.2, 0) is 24.5 Å². The van der Waals surface area contributed by atoms with Crippen molar-refractivity contribution in [2.75, 3.05) is 26.4 Å². The number of hydrogen-bond donors (Lipinski definition) is 2. The molecule has 0 radical (unpaired) electrons. The number of carbonyl (C=O) groups excluding carboxylic acids is 2. The molecule has 0 fully saturated rings. The summed E-state index contributed by atoms with van der Waals surface area (Å²) in [5.41, 5.74) is 6.55. The second-order valence-corrected chi connectivity index (χ2v) is 12.2. The van der Waals surface area contributed by atoms with E-state index < -0.39 is 29.6 Å². The van der Waals surface area contributed by atoms with Crippen molar-refractivity contribution in [3.05, 3.63) is 144 Å². The molecule has 0 heterocycles. The van der Waals surface area contributed by atoms with Gasteiger partial charge in [-0.1, -0.05) is 86.0 Å². The molecule has 8 nitrogen and oxygen atoms in total. The molecule has 2 unspecified atom stereocenters. The molecule has 0 bridgehead atoms. The van der Waals surface area contributed by atoms with E-state index in [1.54, 1.807) is 13.8 Å². The first kappa shape index (κ1) is 35.1. The molecule has 5 rings (SSSR count). The Bertz CT molecular complexity index is 1660. The summed E-state index contributed by atoms with van der Waals surface area (Å²) in [5, 5.41) is 19.0. The number of esters is 2. The maximum Gasteiger partial charge on any atom is 0.333 e. The quantitative estimate of drug-likeness (QED) is 0.0905. The SMILES string of the molecule is C=C(C)C(=O)OC(CCO)COc1ccc(C2(c3ccc(OCC(CCO)OC(=O)C(=C)C)cc3)c3ccccc3-c3ccccc32)cc1. The molecule has 0 aromatic heterocycles. The zero-order chi connectivity index (χ0) is 35.0. The lowest BCUT2D eigenvalue weighted by Gasteiger charge is -2.34. The zero-order valence-electron chi connectivity index (χ0n) is 27.9. The molecule has 0 aliphatic heterocycles. The minimum atomic E-state index is -0.656. The largest absolute Gasteiger partial charge is 0.490 e. The standard InChI is InChI=1S/C41H42O8/c1-27(2)39(44)48-33(21-23-42)25-46-31-17-13-29(14-18-31)41(37-11-7-5-9-35(37)36-10-6-8-12-38(36)41)30-15-19-32(20-16-30)47-26-34(22-24-43)49-40(45)28(3)4/h5-20,33-34,42-43H,1,3,21-26H2,2,4H3. The number of benzene rings is 4. The summed E-state index contributed by atoms with van der Waals surface area (Å²) >= 11 is 0. The van der Waals surface area contributed by atoms with Gasteiger partial charge in [0.2, 0.25) is 0 Å². The third-order valence-corrected chi connectivity index (χ3v) is 8.55. The highest BCUT2D eigenvalue weighted by atomic mass is 16.6. The monoisotopic (exact) mass is 662 g/mol. The van der Waals surface area contributed by atoms with E-state index in [9.17, 15) is 19.8 Å². The third kappa shape index (κ3) is 7.61. The summed E-state index contributed by atoms with van der Waals surface area (Å²) in [6.45, 7) is 10.3. The van der Waals surface area contributed by atoms with Crippen LogP contribution in [0.4, 0.5) is 0 Å². The van der Waals surface area contributed by atoms with E-state index in [-0.39, 0.29) is 50.4 Å². The number of rotatable bonds is 16. The van der Waals surface area contributed by atoms with Gasteiger partial charge in [0.1, 0.15) is 36.9 Å². The van der Waals surface area contributed by atoms with Gasteiger partial charge in [-0.15, -0.1) is 0 Å². The van der Waals surface area contributed by atoms with Crippen LogP contribution in [0.15, 0.2) is 121 Å². The Balaban J connectivity index is 1.46. The molecule has 1 aliphatic rings. The van der Waals surface area contributed by atoms with Crippen LogP contribution < -0.4 is 9.47 Å². The van der Waals surface area contributed by atoms with Gasteiger partial charge in [0.25, 0.3) is 0 Å². The fourth-order valence-corrected chi connectivity index (χ4v) is 6.15. The van der Waals surface area contributed by atoms with Gasteiger partial charge < -0.3 is 29.2 Å². The molecular formula is C41H42O8. The van der Waals surface area contributed by atoms with Gasteiger partial charge in [-0.3, -0.25) is 0 Å². The molecule has 2 atom stereocenters. The first-order valence-corrected chi connectivity index (χ1v) is 16.3. The smallest absolute Gasteiger partial charge is 0.333 e. The molecule has 0 saturated carbocycles. The first-order chi connectivity index (χ1) is 23.7. The first-order valence-electron chi connectivity index (χ1n) is 16.3. The predicted octanol–water partition coefficient (Wildman–Crippen LogP) is 6.55. The van der Waals surface area contributed by atoms with Crippen molar-refractivity contribution in [2.24, 2.45) is 0 Å². The summed E-state index contributed by atoms with van der Waals surface area (Å²) in [6.07, 6.45) is -0.747. The van der Waals surface area contributed by atoms with Crippen LogP contribution in [0, 0.1) is 0 Å². The van der Waals surface area contributed by atoms with E-state index in [1.165, 1.54) is 0 Å². The number of fused-ring (bicyclic) bond motifs is 3. The number of ether oxygens (including phenoxy) is 4. The highest BCUT2D eigenvalue weighted by Crippen LogP contribution is 2.56. The average molecular weight is 663 g/mol. The lowest BCUT2D eigenvalue weighted by molar-refractivity contribution is -0.147. The van der Waals surface area contributed by atoms with E-state index in [0.29, 0.717) is 11.5 Å². The highest BCUT2D eigenvalue weighted by Gasteiger charge is 2.45. The number of aliphatic hydroxyl groups is 2. The van der Waals surface area contributed by atoms with Gasteiger partial charge in [0.05, 0.1) is 5.41 Å². The average Bonchev–Trinajstić information content (AvgIpc) is 3.41. The minimum absolute atomic E-state index is 0.0861. The van der Waals surface area contributed by atoms with Gasteiger partial charge >= 0.3 is 11.9 Å². The molecule has 254 valence electrons. The predicted molar refractivity (Wildman–Crippen MR) is 188 cm³/mol. The number of hydrogen-bond acceptors (Lipinski definition) is 8. The summed E-state index contributed by atoms with van der Waals surface area (Å²) in [7, 11) is 0. The van der Waals surface area contributed by atoms with Gasteiger partial charge in [-0.2, -0.15) is 0 Å². The van der Waals surface area contributed by atoms with E-state index in [1.807, 2.05) is 36.4 Å². The minimum Gasteiger partial charge on any atom is -0.490 e. The van der Waals surface area contributed by atoms with Gasteiger partial charge in [0.15, 0.2) is 0 Å². The lowest BCUT2D eigenvalue weighted by atomic mass is 9.68. The van der Waals surface area contributed by atoms with Crippen molar-refractivity contribution in [1.82, 2.24) is 0 Å². The molecule has 2 N–H and O–H groups in total. The van der Waals surface area contributed by atoms with Crippen molar-refractivity contribution in [3.63, 3.8) is 0 Å². The molecule has 0 saturated heterocycles. The van der Waals surface area contributed by atoms with Crippen molar-refractivity contribution >= 4 is 11.9 Å². The Morgan fingerprint density at radius 3 is 1.33 bits per heavy atom. The topological polar surface area (TPSA) is 112 Å². The van der Waals surface area contributed by atoms with Crippen LogP contribution in [0.25, 0.3) is 11.1 Å². The van der Waals surface area contributed by atoms with Gasteiger partial charge in [-0.25, -0.2) is 9.59 Å². The summed E-state index contributed by atoms with van der Waals surface area (Å²) in [5.74, 6) is 0.152. The molecule has 4 aromatic carbocycles. The zero-order valence-corrected chi connectivity index (χ0v) is 27.9. The summed E-state index contributed by atoms with van der Waals surface area (Å²) in [6, 6.07) is 32.6. The van der Waals surface area contributed by atoms with Crippen LogP contribution >= 0.6 is 0 Å². The van der Waals surface area contributed by atoms with Crippen LogP contribution in [-0.4, -0.2) is 60.8 Å².